The van der Waals surface area contributed by atoms with E-state index in [0.717, 1.165) is 40.9 Å². The second kappa shape index (κ2) is 15.2. The van der Waals surface area contributed by atoms with E-state index in [1.807, 2.05) is 20.9 Å². The van der Waals surface area contributed by atoms with Gasteiger partial charge in [-0.15, -0.1) is 12.8 Å². The number of aliphatic carboxylic acids is 1. The molecule has 0 bridgehead atoms. The van der Waals surface area contributed by atoms with Gasteiger partial charge in [-0.3, -0.25) is 9.59 Å². The minimum Gasteiger partial charge on any atom is -0.481 e. The predicted octanol–water partition coefficient (Wildman–Crippen LogP) is 6.32. The molecule has 43 heavy (non-hydrogen) atoms. The quantitative estimate of drug-likeness (QED) is 0.249. The zero-order chi connectivity index (χ0) is 32.6. The Balaban J connectivity index is 0.000000273. The third-order valence-electron chi connectivity index (χ3n) is 8.10. The van der Waals surface area contributed by atoms with Gasteiger partial charge in [0.05, 0.1) is 12.7 Å². The molecule has 1 saturated heterocycles. The summed E-state index contributed by atoms with van der Waals surface area (Å²) in [6.45, 7) is 11.2. The molecule has 10 heteroatoms. The van der Waals surface area contributed by atoms with Crippen molar-refractivity contribution < 1.29 is 23.5 Å². The Bertz CT molecular complexity index is 1420. The fraction of sp³-hybridized carbons (Fsp3) is 0.424. The highest BCUT2D eigenvalue weighted by atomic mass is 35.5. The molecular formula is C33H41ClF2N4O3. The number of imidazole rings is 1. The topological polar surface area (TPSA) is 87.5 Å². The number of carboxylic acids is 1. The average molecular weight is 615 g/mol. The van der Waals surface area contributed by atoms with Crippen molar-refractivity contribution in [2.24, 2.45) is 24.3 Å². The molecular weight excluding hydrogens is 574 g/mol. The third kappa shape index (κ3) is 8.96. The maximum atomic E-state index is 14.2. The zero-order valence-electron chi connectivity index (χ0n) is 25.8. The number of rotatable bonds is 6. The summed E-state index contributed by atoms with van der Waals surface area (Å²) >= 11 is 6.02. The van der Waals surface area contributed by atoms with Crippen molar-refractivity contribution in [2.45, 2.75) is 40.2 Å². The lowest BCUT2D eigenvalue weighted by atomic mass is 9.92. The van der Waals surface area contributed by atoms with Gasteiger partial charge in [0.25, 0.3) is 0 Å². The van der Waals surface area contributed by atoms with Crippen LogP contribution in [0.2, 0.25) is 5.02 Å². The van der Waals surface area contributed by atoms with Gasteiger partial charge in [0, 0.05) is 43.0 Å². The number of hydrogen-bond donors (Lipinski definition) is 2. The fourth-order valence-corrected chi connectivity index (χ4v) is 6.07. The van der Waals surface area contributed by atoms with Crippen LogP contribution in [-0.2, 0) is 11.8 Å². The number of aromatic nitrogens is 2. The molecule has 0 amide bonds. The number of aryl methyl sites for hydroxylation is 3. The van der Waals surface area contributed by atoms with Gasteiger partial charge in [-0.1, -0.05) is 25.4 Å². The molecule has 1 aliphatic carbocycles. The molecule has 5 rings (SSSR count). The Morgan fingerprint density at radius 1 is 1.16 bits per heavy atom. The number of nitrogens with one attached hydrogen (secondary N) is 1. The molecule has 0 radical (unpaired) electrons. The summed E-state index contributed by atoms with van der Waals surface area (Å²) in [7, 11) is 5.55. The average Bonchev–Trinajstić information content (AvgIpc) is 3.32. The van der Waals surface area contributed by atoms with E-state index >= 15 is 0 Å². The van der Waals surface area contributed by atoms with Crippen LogP contribution >= 0.6 is 11.6 Å². The summed E-state index contributed by atoms with van der Waals surface area (Å²) in [4.78, 5) is 27.1. The number of likely N-dealkylation sites (tertiary alicyclic amines) is 1. The van der Waals surface area contributed by atoms with Crippen molar-refractivity contribution in [1.29, 1.82) is 0 Å². The van der Waals surface area contributed by atoms with E-state index in [9.17, 15) is 18.4 Å². The van der Waals surface area contributed by atoms with E-state index in [-0.39, 0.29) is 12.0 Å². The SMILES string of the molecule is C#C.CN1CC2C(C1)C2(C)C.CNC(CC(=O)O)c1cc(-c2c(C)cc(Cl)cc2C)cc(F)c1F.Cn1cnc(C=O)c1. The highest BCUT2D eigenvalue weighted by Crippen LogP contribution is 2.61. The van der Waals surface area contributed by atoms with Crippen molar-refractivity contribution in [3.05, 3.63) is 75.8 Å². The number of carbonyl (C=O) groups is 2. The monoisotopic (exact) mass is 614 g/mol. The molecule has 1 aromatic heterocycles. The van der Waals surface area contributed by atoms with E-state index in [1.54, 1.807) is 29.2 Å². The predicted molar refractivity (Wildman–Crippen MR) is 167 cm³/mol. The molecule has 1 aliphatic heterocycles. The smallest absolute Gasteiger partial charge is 0.305 e. The number of piperidine rings is 1. The summed E-state index contributed by atoms with van der Waals surface area (Å²) in [5.41, 5.74) is 4.07. The van der Waals surface area contributed by atoms with Crippen molar-refractivity contribution in [3.8, 4) is 24.0 Å². The summed E-state index contributed by atoms with van der Waals surface area (Å²) in [5, 5.41) is 12.3. The number of nitrogens with zero attached hydrogens (tertiary/aromatic N) is 3. The van der Waals surface area contributed by atoms with Gasteiger partial charge in [0.1, 0.15) is 5.69 Å². The van der Waals surface area contributed by atoms with E-state index < -0.39 is 23.6 Å². The molecule has 2 aromatic carbocycles. The van der Waals surface area contributed by atoms with Crippen LogP contribution in [0.15, 0.2) is 36.8 Å². The number of benzene rings is 2. The van der Waals surface area contributed by atoms with E-state index in [4.69, 9.17) is 16.7 Å². The lowest BCUT2D eigenvalue weighted by Gasteiger charge is -2.18. The summed E-state index contributed by atoms with van der Waals surface area (Å²) in [6, 6.07) is 5.28. The number of hydrogen-bond acceptors (Lipinski definition) is 5. The summed E-state index contributed by atoms with van der Waals surface area (Å²) in [6.07, 6.45) is 11.6. The molecule has 7 nitrogen and oxygen atoms in total. The lowest BCUT2D eigenvalue weighted by molar-refractivity contribution is -0.137. The highest BCUT2D eigenvalue weighted by molar-refractivity contribution is 6.30. The van der Waals surface area contributed by atoms with Crippen LogP contribution in [0, 0.1) is 55.6 Å². The molecule has 3 atom stereocenters. The number of carboxylic acid groups (broad SMARTS) is 1. The zero-order valence-corrected chi connectivity index (χ0v) is 26.5. The molecule has 2 fully saturated rings. The minimum atomic E-state index is -1.10. The Kier molecular flexibility index (Phi) is 12.6. The minimum absolute atomic E-state index is 0.0105. The number of terminal acetylenes is 1. The van der Waals surface area contributed by atoms with Gasteiger partial charge < -0.3 is 19.9 Å². The number of aldehydes is 1. The van der Waals surface area contributed by atoms with Gasteiger partial charge in [-0.05, 0) is 91.7 Å². The maximum Gasteiger partial charge on any atom is 0.305 e. The van der Waals surface area contributed by atoms with Crippen molar-refractivity contribution >= 4 is 23.9 Å². The van der Waals surface area contributed by atoms with Crippen LogP contribution in [0.1, 0.15) is 53.5 Å². The Labute approximate surface area is 258 Å². The van der Waals surface area contributed by atoms with Crippen molar-refractivity contribution in [1.82, 2.24) is 19.8 Å². The maximum absolute atomic E-state index is 14.2. The van der Waals surface area contributed by atoms with Gasteiger partial charge in [-0.25, -0.2) is 13.8 Å². The molecule has 0 spiro atoms. The van der Waals surface area contributed by atoms with Gasteiger partial charge in [0.15, 0.2) is 17.9 Å². The van der Waals surface area contributed by atoms with Crippen LogP contribution in [-0.4, -0.2) is 59.0 Å². The van der Waals surface area contributed by atoms with Crippen LogP contribution in [0.4, 0.5) is 8.78 Å². The molecule has 3 aromatic rings. The molecule has 2 aliphatic rings. The second-order valence-corrected chi connectivity index (χ2v) is 12.0. The Morgan fingerprint density at radius 3 is 2.12 bits per heavy atom. The van der Waals surface area contributed by atoms with Gasteiger partial charge in [0.2, 0.25) is 0 Å². The second-order valence-electron chi connectivity index (χ2n) is 11.6. The van der Waals surface area contributed by atoms with Crippen LogP contribution in [0.3, 0.4) is 0 Å². The Hall–Kier alpha value is -3.58. The van der Waals surface area contributed by atoms with Crippen LogP contribution in [0.25, 0.3) is 11.1 Å². The van der Waals surface area contributed by atoms with Crippen LogP contribution in [0.5, 0.6) is 0 Å². The largest absolute Gasteiger partial charge is 0.481 e. The number of carbonyl (C=O) groups excluding carboxylic acids is 1. The van der Waals surface area contributed by atoms with Gasteiger partial charge >= 0.3 is 5.97 Å². The Morgan fingerprint density at radius 2 is 1.72 bits per heavy atom. The molecule has 1 saturated carbocycles. The molecule has 232 valence electrons. The summed E-state index contributed by atoms with van der Waals surface area (Å²) < 4.78 is 30.1. The molecule has 2 heterocycles. The summed E-state index contributed by atoms with van der Waals surface area (Å²) in [5.74, 6) is -1.09. The number of fused-ring (bicyclic) bond motifs is 1. The standard InChI is InChI=1S/C18H18ClF2NO2.C8H15N.C5H6N2O.C2H2/c1-9-4-12(19)5-10(2)17(9)11-6-13(18(21)14(20)7-11)15(22-3)8-16(23)24;1-8(2)6-4-9(3)5-7(6)8;1-7-2-5(3-8)6-4-7;1-2/h4-7,15,22H,8H2,1-3H3,(H,23,24);6-7H,4-5H2,1-3H3;2-4H,1H3;1-2H. The molecule has 3 unspecified atom stereocenters. The van der Waals surface area contributed by atoms with Crippen molar-refractivity contribution in [2.75, 3.05) is 27.2 Å². The highest BCUT2D eigenvalue weighted by Gasteiger charge is 2.61. The van der Waals surface area contributed by atoms with E-state index in [2.05, 4.69) is 48.9 Å². The lowest BCUT2D eigenvalue weighted by Crippen LogP contribution is -2.21. The first-order chi connectivity index (χ1) is 20.2. The van der Waals surface area contributed by atoms with Crippen LogP contribution < -0.4 is 5.32 Å². The molecule has 2 N–H and O–H groups in total. The first-order valence-corrected chi connectivity index (χ1v) is 14.2. The third-order valence-corrected chi connectivity index (χ3v) is 8.31. The first kappa shape index (κ1) is 35.6. The van der Waals surface area contributed by atoms with Gasteiger partial charge in [-0.2, -0.15) is 0 Å². The van der Waals surface area contributed by atoms with E-state index in [0.29, 0.717) is 21.7 Å². The first-order valence-electron chi connectivity index (χ1n) is 13.8. The van der Waals surface area contributed by atoms with Crippen molar-refractivity contribution in [3.63, 3.8) is 0 Å². The normalized spacial score (nSPS) is 18.4. The fourth-order valence-electron chi connectivity index (χ4n) is 5.74. The number of halogens is 3. The van der Waals surface area contributed by atoms with E-state index in [1.165, 1.54) is 26.2 Å².